The number of rotatable bonds is 3. The summed E-state index contributed by atoms with van der Waals surface area (Å²) in [6, 6.07) is 3.06. The Morgan fingerprint density at radius 1 is 1.50 bits per heavy atom. The molecule has 0 aromatic carbocycles. The maximum Gasteiger partial charge on any atom is 0.329 e. The third kappa shape index (κ3) is 2.89. The van der Waals surface area contributed by atoms with Crippen molar-refractivity contribution in [2.75, 3.05) is 5.73 Å². The van der Waals surface area contributed by atoms with Gasteiger partial charge in [0.05, 0.1) is 11.9 Å². The molecule has 0 radical (unpaired) electrons. The van der Waals surface area contributed by atoms with Gasteiger partial charge in [0.25, 0.3) is 5.91 Å². The highest BCUT2D eigenvalue weighted by atomic mass is 16.4. The molecule has 1 aliphatic rings. The van der Waals surface area contributed by atoms with Gasteiger partial charge >= 0.3 is 5.97 Å². The molecule has 1 fully saturated rings. The molecule has 0 bridgehead atoms. The number of nitrogens with zero attached hydrogens (tertiary/aromatic N) is 1. The average Bonchev–Trinajstić information content (AvgIpc) is 2.39. The number of aromatic nitrogens is 1. The van der Waals surface area contributed by atoms with Gasteiger partial charge in [-0.25, -0.2) is 9.78 Å². The minimum atomic E-state index is -1.18. The van der Waals surface area contributed by atoms with E-state index in [1.807, 2.05) is 6.92 Å². The van der Waals surface area contributed by atoms with Crippen LogP contribution in [-0.2, 0) is 4.79 Å². The maximum absolute atomic E-state index is 12.2. The van der Waals surface area contributed by atoms with Crippen LogP contribution in [0.25, 0.3) is 0 Å². The Bertz CT molecular complexity index is 515. The number of carbonyl (C=O) groups excluding carboxylic acids is 1. The molecule has 0 spiro atoms. The summed E-state index contributed by atoms with van der Waals surface area (Å²) in [6.45, 7) is 2.00. The molecule has 4 N–H and O–H groups in total. The molecule has 1 heterocycles. The number of nitrogens with two attached hydrogens (primary N) is 1. The normalized spacial score (nSPS) is 25.9. The molecule has 2 atom stereocenters. The highest BCUT2D eigenvalue weighted by Crippen LogP contribution is 2.32. The smallest absolute Gasteiger partial charge is 0.329 e. The number of hydrogen-bond acceptors (Lipinski definition) is 4. The zero-order valence-electron chi connectivity index (χ0n) is 11.4. The van der Waals surface area contributed by atoms with Crippen molar-refractivity contribution in [2.45, 2.75) is 38.1 Å². The van der Waals surface area contributed by atoms with E-state index in [1.54, 1.807) is 6.07 Å². The van der Waals surface area contributed by atoms with E-state index >= 15 is 0 Å². The average molecular weight is 277 g/mol. The summed E-state index contributed by atoms with van der Waals surface area (Å²) in [5, 5.41) is 12.1. The Labute approximate surface area is 117 Å². The van der Waals surface area contributed by atoms with Crippen LogP contribution < -0.4 is 11.1 Å². The van der Waals surface area contributed by atoms with Crippen LogP contribution in [0.3, 0.4) is 0 Å². The van der Waals surface area contributed by atoms with Gasteiger partial charge in [0, 0.05) is 0 Å². The highest BCUT2D eigenvalue weighted by molar-refractivity contribution is 5.96. The lowest BCUT2D eigenvalue weighted by molar-refractivity contribution is -0.146. The van der Waals surface area contributed by atoms with Gasteiger partial charge in [-0.3, -0.25) is 4.79 Å². The Morgan fingerprint density at radius 3 is 2.80 bits per heavy atom. The summed E-state index contributed by atoms with van der Waals surface area (Å²) >= 11 is 0. The zero-order chi connectivity index (χ0) is 14.8. The molecule has 1 aromatic rings. The number of carboxylic acids is 1. The van der Waals surface area contributed by atoms with Crippen molar-refractivity contribution in [3.8, 4) is 0 Å². The van der Waals surface area contributed by atoms with Gasteiger partial charge in [0.1, 0.15) is 11.2 Å². The molecular formula is C14H19N3O3. The van der Waals surface area contributed by atoms with Crippen LogP contribution in [-0.4, -0.2) is 27.5 Å². The van der Waals surface area contributed by atoms with E-state index in [9.17, 15) is 14.7 Å². The first-order valence-electron chi connectivity index (χ1n) is 6.70. The molecule has 108 valence electrons. The number of carboxylic acid groups (broad SMARTS) is 1. The first-order valence-corrected chi connectivity index (χ1v) is 6.70. The predicted molar refractivity (Wildman–Crippen MR) is 74.1 cm³/mol. The molecule has 6 heteroatoms. The fourth-order valence-electron chi connectivity index (χ4n) is 2.73. The molecular weight excluding hydrogens is 258 g/mol. The molecule has 0 saturated heterocycles. The molecule has 1 aliphatic carbocycles. The van der Waals surface area contributed by atoms with E-state index in [0.717, 1.165) is 12.8 Å². The van der Waals surface area contributed by atoms with Crippen molar-refractivity contribution in [3.63, 3.8) is 0 Å². The van der Waals surface area contributed by atoms with E-state index in [0.29, 0.717) is 18.5 Å². The standard InChI is InChI=1S/C14H19N3O3/c1-9-3-2-6-14(7-9,13(19)20)17-12(18)11-5-4-10(15)8-16-11/h4-5,8-9H,2-3,6-7,15H2,1H3,(H,17,18)(H,19,20). The van der Waals surface area contributed by atoms with E-state index in [4.69, 9.17) is 5.73 Å². The van der Waals surface area contributed by atoms with Crippen molar-refractivity contribution in [1.82, 2.24) is 10.3 Å². The van der Waals surface area contributed by atoms with Crippen molar-refractivity contribution < 1.29 is 14.7 Å². The number of aliphatic carboxylic acids is 1. The van der Waals surface area contributed by atoms with Gasteiger partial charge in [0.15, 0.2) is 0 Å². The second-order valence-electron chi connectivity index (χ2n) is 5.52. The van der Waals surface area contributed by atoms with E-state index in [-0.39, 0.29) is 11.6 Å². The fourth-order valence-corrected chi connectivity index (χ4v) is 2.73. The molecule has 20 heavy (non-hydrogen) atoms. The summed E-state index contributed by atoms with van der Waals surface area (Å²) < 4.78 is 0. The first kappa shape index (κ1) is 14.3. The van der Waals surface area contributed by atoms with E-state index < -0.39 is 17.4 Å². The second kappa shape index (κ2) is 5.48. The maximum atomic E-state index is 12.2. The Morgan fingerprint density at radius 2 is 2.25 bits per heavy atom. The van der Waals surface area contributed by atoms with E-state index in [1.165, 1.54) is 12.3 Å². The van der Waals surface area contributed by atoms with Crippen LogP contribution in [0.4, 0.5) is 5.69 Å². The number of hydrogen-bond donors (Lipinski definition) is 3. The summed E-state index contributed by atoms with van der Waals surface area (Å²) in [5.74, 6) is -1.17. The molecule has 6 nitrogen and oxygen atoms in total. The number of pyridine rings is 1. The Hall–Kier alpha value is -2.11. The molecule has 2 unspecified atom stereocenters. The van der Waals surface area contributed by atoms with Crippen LogP contribution >= 0.6 is 0 Å². The lowest BCUT2D eigenvalue weighted by atomic mass is 9.76. The fraction of sp³-hybridized carbons (Fsp3) is 0.500. The van der Waals surface area contributed by atoms with Crippen molar-refractivity contribution in [3.05, 3.63) is 24.0 Å². The summed E-state index contributed by atoms with van der Waals surface area (Å²) in [6.07, 6.45) is 4.07. The minimum absolute atomic E-state index is 0.179. The number of nitrogens with one attached hydrogen (secondary N) is 1. The summed E-state index contributed by atoms with van der Waals surface area (Å²) in [7, 11) is 0. The van der Waals surface area contributed by atoms with Gasteiger partial charge in [-0.1, -0.05) is 19.8 Å². The van der Waals surface area contributed by atoms with Crippen molar-refractivity contribution >= 4 is 17.6 Å². The van der Waals surface area contributed by atoms with Crippen LogP contribution in [0.15, 0.2) is 18.3 Å². The van der Waals surface area contributed by atoms with Crippen molar-refractivity contribution in [2.24, 2.45) is 5.92 Å². The third-order valence-corrected chi connectivity index (χ3v) is 3.78. The van der Waals surface area contributed by atoms with Crippen molar-refractivity contribution in [1.29, 1.82) is 0 Å². The number of carbonyl (C=O) groups is 2. The lowest BCUT2D eigenvalue weighted by Crippen LogP contribution is -2.56. The predicted octanol–water partition coefficient (Wildman–Crippen LogP) is 1.43. The third-order valence-electron chi connectivity index (χ3n) is 3.78. The number of nitrogen functional groups attached to an aromatic ring is 1. The molecule has 2 rings (SSSR count). The Balaban J connectivity index is 2.18. The second-order valence-corrected chi connectivity index (χ2v) is 5.52. The number of amides is 1. The van der Waals surface area contributed by atoms with Crippen LogP contribution in [0, 0.1) is 5.92 Å². The van der Waals surface area contributed by atoms with Gasteiger partial charge in [-0.2, -0.15) is 0 Å². The molecule has 0 aliphatic heterocycles. The molecule has 1 amide bonds. The largest absolute Gasteiger partial charge is 0.480 e. The van der Waals surface area contributed by atoms with Crippen LogP contribution in [0.5, 0.6) is 0 Å². The number of anilines is 1. The van der Waals surface area contributed by atoms with Gasteiger partial charge in [-0.15, -0.1) is 0 Å². The topological polar surface area (TPSA) is 105 Å². The van der Waals surface area contributed by atoms with Gasteiger partial charge in [0.2, 0.25) is 0 Å². The minimum Gasteiger partial charge on any atom is -0.480 e. The van der Waals surface area contributed by atoms with Crippen LogP contribution in [0.1, 0.15) is 43.1 Å². The SMILES string of the molecule is CC1CCCC(NC(=O)c2ccc(N)cn2)(C(=O)O)C1. The van der Waals surface area contributed by atoms with E-state index in [2.05, 4.69) is 10.3 Å². The van der Waals surface area contributed by atoms with Gasteiger partial charge < -0.3 is 16.2 Å². The highest BCUT2D eigenvalue weighted by Gasteiger charge is 2.43. The summed E-state index contributed by atoms with van der Waals surface area (Å²) in [4.78, 5) is 27.7. The van der Waals surface area contributed by atoms with Gasteiger partial charge in [-0.05, 0) is 30.9 Å². The molecule has 1 aromatic heterocycles. The lowest BCUT2D eigenvalue weighted by Gasteiger charge is -2.36. The van der Waals surface area contributed by atoms with Crippen LogP contribution in [0.2, 0.25) is 0 Å². The zero-order valence-corrected chi connectivity index (χ0v) is 11.4. The Kier molecular flexibility index (Phi) is 3.92. The molecule has 1 saturated carbocycles. The quantitative estimate of drug-likeness (QED) is 0.775. The first-order chi connectivity index (χ1) is 9.43. The monoisotopic (exact) mass is 277 g/mol. The summed E-state index contributed by atoms with van der Waals surface area (Å²) in [5.41, 5.74) is 4.97.